The van der Waals surface area contributed by atoms with E-state index in [1.165, 1.54) is 5.56 Å². The minimum Gasteiger partial charge on any atom is -0.507 e. The van der Waals surface area contributed by atoms with Crippen LogP contribution in [0.1, 0.15) is 25.3 Å². The van der Waals surface area contributed by atoms with E-state index in [2.05, 4.69) is 26.0 Å². The van der Waals surface area contributed by atoms with Crippen molar-refractivity contribution in [1.29, 1.82) is 0 Å². The molecule has 0 aromatic heterocycles. The predicted octanol–water partition coefficient (Wildman–Crippen LogP) is 5.68. The fourth-order valence-electron chi connectivity index (χ4n) is 3.56. The van der Waals surface area contributed by atoms with E-state index in [0.29, 0.717) is 5.92 Å². The van der Waals surface area contributed by atoms with Crippen LogP contribution >= 0.6 is 0 Å². The number of phenols is 2. The molecule has 0 heterocycles. The Kier molecular flexibility index (Phi) is 2.95. The van der Waals surface area contributed by atoms with Gasteiger partial charge in [0.05, 0.1) is 0 Å². The van der Waals surface area contributed by atoms with Crippen LogP contribution in [0.3, 0.4) is 0 Å². The van der Waals surface area contributed by atoms with Gasteiger partial charge in [0.1, 0.15) is 11.5 Å². The SMILES string of the molecule is CC(C)c1cccc2c1ccc1c3c(O)cccc3cc(O)c21. The molecular formula is C21H18O2. The van der Waals surface area contributed by atoms with Crippen LogP contribution in [0.5, 0.6) is 11.5 Å². The molecule has 0 fully saturated rings. The second-order valence-corrected chi connectivity index (χ2v) is 6.36. The molecule has 2 heteroatoms. The summed E-state index contributed by atoms with van der Waals surface area (Å²) < 4.78 is 0. The first-order valence-electron chi connectivity index (χ1n) is 7.87. The Balaban J connectivity index is 2.28. The van der Waals surface area contributed by atoms with E-state index in [1.807, 2.05) is 24.3 Å². The smallest absolute Gasteiger partial charge is 0.124 e. The van der Waals surface area contributed by atoms with E-state index in [9.17, 15) is 10.2 Å². The van der Waals surface area contributed by atoms with Gasteiger partial charge in [-0.2, -0.15) is 0 Å². The van der Waals surface area contributed by atoms with E-state index < -0.39 is 0 Å². The van der Waals surface area contributed by atoms with Crippen molar-refractivity contribution >= 4 is 32.3 Å². The molecule has 114 valence electrons. The zero-order valence-corrected chi connectivity index (χ0v) is 13.2. The molecule has 0 aliphatic heterocycles. The highest BCUT2D eigenvalue weighted by molar-refractivity contribution is 6.21. The lowest BCUT2D eigenvalue weighted by Gasteiger charge is -2.14. The Morgan fingerprint density at radius 1 is 0.696 bits per heavy atom. The number of hydrogen-bond acceptors (Lipinski definition) is 2. The Hall–Kier alpha value is -2.74. The molecule has 0 bridgehead atoms. The minimum atomic E-state index is 0.242. The van der Waals surface area contributed by atoms with Crippen molar-refractivity contribution < 1.29 is 10.2 Å². The lowest BCUT2D eigenvalue weighted by molar-refractivity contribution is 0.480. The van der Waals surface area contributed by atoms with E-state index >= 15 is 0 Å². The van der Waals surface area contributed by atoms with Crippen LogP contribution in [0.15, 0.2) is 54.6 Å². The summed E-state index contributed by atoms with van der Waals surface area (Å²) in [6.45, 7) is 4.34. The second-order valence-electron chi connectivity index (χ2n) is 6.36. The van der Waals surface area contributed by atoms with Crippen LogP contribution in [0.2, 0.25) is 0 Å². The third-order valence-electron chi connectivity index (χ3n) is 4.61. The topological polar surface area (TPSA) is 40.5 Å². The molecule has 0 amide bonds. The van der Waals surface area contributed by atoms with Gasteiger partial charge in [0, 0.05) is 10.8 Å². The van der Waals surface area contributed by atoms with Crippen molar-refractivity contribution in [2.24, 2.45) is 0 Å². The molecule has 0 saturated carbocycles. The number of fused-ring (bicyclic) bond motifs is 5. The van der Waals surface area contributed by atoms with Crippen molar-refractivity contribution in [1.82, 2.24) is 0 Å². The first-order chi connectivity index (χ1) is 11.1. The average molecular weight is 302 g/mol. The van der Waals surface area contributed by atoms with Crippen LogP contribution in [-0.2, 0) is 0 Å². The zero-order valence-electron chi connectivity index (χ0n) is 13.2. The number of rotatable bonds is 1. The summed E-state index contributed by atoms with van der Waals surface area (Å²) in [6.07, 6.45) is 0. The fraction of sp³-hybridized carbons (Fsp3) is 0.143. The van der Waals surface area contributed by atoms with Crippen molar-refractivity contribution in [2.45, 2.75) is 19.8 Å². The fourth-order valence-corrected chi connectivity index (χ4v) is 3.56. The van der Waals surface area contributed by atoms with Gasteiger partial charge in [-0.1, -0.05) is 56.3 Å². The molecule has 4 aromatic rings. The molecule has 2 N–H and O–H groups in total. The first-order valence-corrected chi connectivity index (χ1v) is 7.87. The molecule has 23 heavy (non-hydrogen) atoms. The summed E-state index contributed by atoms with van der Waals surface area (Å²) in [7, 11) is 0. The molecule has 4 aromatic carbocycles. The average Bonchev–Trinajstić information content (AvgIpc) is 2.53. The van der Waals surface area contributed by atoms with Crippen molar-refractivity contribution in [3.63, 3.8) is 0 Å². The Morgan fingerprint density at radius 2 is 1.43 bits per heavy atom. The summed E-state index contributed by atoms with van der Waals surface area (Å²) in [5.74, 6) is 0.906. The maximum absolute atomic E-state index is 10.6. The summed E-state index contributed by atoms with van der Waals surface area (Å²) in [5.41, 5.74) is 1.26. The Bertz CT molecular complexity index is 1060. The normalized spacial score (nSPS) is 11.8. The number of phenolic OH excluding ortho intramolecular Hbond substituents is 2. The lowest BCUT2D eigenvalue weighted by Crippen LogP contribution is -1.90. The summed E-state index contributed by atoms with van der Waals surface area (Å²) in [4.78, 5) is 0. The zero-order chi connectivity index (χ0) is 16.1. The quantitative estimate of drug-likeness (QED) is 0.444. The lowest BCUT2D eigenvalue weighted by atomic mass is 9.91. The van der Waals surface area contributed by atoms with Gasteiger partial charge in [-0.25, -0.2) is 0 Å². The van der Waals surface area contributed by atoms with Crippen LogP contribution in [0.4, 0.5) is 0 Å². The molecule has 0 saturated heterocycles. The standard InChI is InChI=1S/C21H18O2/c1-12(2)14-6-4-7-16-15(14)9-10-17-20-13(5-3-8-18(20)22)11-19(23)21(16)17/h3-12,22-23H,1-2H3. The van der Waals surface area contributed by atoms with Crippen molar-refractivity contribution in [3.05, 3.63) is 60.2 Å². The molecule has 0 atom stereocenters. The molecule has 0 radical (unpaired) electrons. The van der Waals surface area contributed by atoms with E-state index in [1.54, 1.807) is 18.2 Å². The van der Waals surface area contributed by atoms with Gasteiger partial charge in [-0.15, -0.1) is 0 Å². The van der Waals surface area contributed by atoms with Crippen molar-refractivity contribution in [3.8, 4) is 11.5 Å². The highest BCUT2D eigenvalue weighted by atomic mass is 16.3. The third-order valence-corrected chi connectivity index (χ3v) is 4.61. The van der Waals surface area contributed by atoms with Crippen LogP contribution in [0.25, 0.3) is 32.3 Å². The molecule has 4 rings (SSSR count). The summed E-state index contributed by atoms with van der Waals surface area (Å²) >= 11 is 0. The largest absolute Gasteiger partial charge is 0.507 e. The molecule has 0 aliphatic carbocycles. The van der Waals surface area contributed by atoms with Crippen LogP contribution < -0.4 is 0 Å². The van der Waals surface area contributed by atoms with Gasteiger partial charge in [0.2, 0.25) is 0 Å². The molecule has 0 unspecified atom stereocenters. The van der Waals surface area contributed by atoms with E-state index in [4.69, 9.17) is 0 Å². The second kappa shape index (κ2) is 4.88. The molecule has 0 spiro atoms. The third kappa shape index (κ3) is 1.95. The van der Waals surface area contributed by atoms with Gasteiger partial charge in [0.15, 0.2) is 0 Å². The number of benzene rings is 4. The summed E-state index contributed by atoms with van der Waals surface area (Å²) in [5, 5.41) is 26.4. The highest BCUT2D eigenvalue weighted by Crippen LogP contribution is 2.41. The van der Waals surface area contributed by atoms with Gasteiger partial charge in [-0.3, -0.25) is 0 Å². The monoisotopic (exact) mass is 302 g/mol. The maximum atomic E-state index is 10.6. The Labute approximate surface area is 134 Å². The summed E-state index contributed by atoms with van der Waals surface area (Å²) in [6, 6.07) is 17.4. The first kappa shape index (κ1) is 13.9. The van der Waals surface area contributed by atoms with E-state index in [0.717, 1.165) is 32.3 Å². The molecule has 2 nitrogen and oxygen atoms in total. The molecule has 0 aliphatic rings. The van der Waals surface area contributed by atoms with Gasteiger partial charge in [0.25, 0.3) is 0 Å². The number of aromatic hydroxyl groups is 2. The predicted molar refractivity (Wildman–Crippen MR) is 96.4 cm³/mol. The Morgan fingerprint density at radius 3 is 2.22 bits per heavy atom. The highest BCUT2D eigenvalue weighted by Gasteiger charge is 2.14. The maximum Gasteiger partial charge on any atom is 0.124 e. The minimum absolute atomic E-state index is 0.242. The number of hydrogen-bond donors (Lipinski definition) is 2. The van der Waals surface area contributed by atoms with Gasteiger partial charge < -0.3 is 10.2 Å². The van der Waals surface area contributed by atoms with E-state index in [-0.39, 0.29) is 11.5 Å². The molecular weight excluding hydrogens is 284 g/mol. The van der Waals surface area contributed by atoms with Gasteiger partial charge in [-0.05, 0) is 45.2 Å². The van der Waals surface area contributed by atoms with Crippen molar-refractivity contribution in [2.75, 3.05) is 0 Å². The van der Waals surface area contributed by atoms with Crippen LogP contribution in [-0.4, -0.2) is 10.2 Å². The van der Waals surface area contributed by atoms with Crippen LogP contribution in [0, 0.1) is 0 Å². The van der Waals surface area contributed by atoms with Gasteiger partial charge >= 0.3 is 0 Å².